The molecule has 0 unspecified atom stereocenters. The Hall–Kier alpha value is -2.65. The second-order valence-corrected chi connectivity index (χ2v) is 10.9. The zero-order valence-corrected chi connectivity index (χ0v) is 20.3. The molecular formula is C23H33N3O5S. The first-order valence-corrected chi connectivity index (χ1v) is 12.0. The van der Waals surface area contributed by atoms with E-state index in [1.165, 1.54) is 23.3 Å². The summed E-state index contributed by atoms with van der Waals surface area (Å²) in [6.07, 6.45) is 1.48. The summed E-state index contributed by atoms with van der Waals surface area (Å²) < 4.78 is 33.0. The number of sulfonamides is 1. The van der Waals surface area contributed by atoms with E-state index in [0.717, 1.165) is 5.56 Å². The molecule has 0 fully saturated rings. The number of nitrogens with one attached hydrogen (secondary N) is 2. The van der Waals surface area contributed by atoms with Gasteiger partial charge in [-0.2, -0.15) is 0 Å². The maximum atomic E-state index is 13.2. The molecule has 176 valence electrons. The van der Waals surface area contributed by atoms with Crippen molar-refractivity contribution in [1.82, 2.24) is 14.9 Å². The maximum Gasteiger partial charge on any atom is 0.243 e. The summed E-state index contributed by atoms with van der Waals surface area (Å²) in [5.74, 6) is -0.562. The third-order valence-electron chi connectivity index (χ3n) is 4.71. The number of nitrogens with zero attached hydrogens (tertiary/aromatic N) is 1. The predicted octanol–water partition coefficient (Wildman–Crippen LogP) is 2.83. The van der Waals surface area contributed by atoms with E-state index in [1.807, 2.05) is 41.5 Å². The molecule has 32 heavy (non-hydrogen) atoms. The Kier molecular flexibility index (Phi) is 8.25. The summed E-state index contributed by atoms with van der Waals surface area (Å²) in [6.45, 7) is 10.7. The summed E-state index contributed by atoms with van der Waals surface area (Å²) >= 11 is 0. The van der Waals surface area contributed by atoms with E-state index in [1.54, 1.807) is 24.3 Å². The van der Waals surface area contributed by atoms with Crippen LogP contribution in [-0.2, 0) is 26.2 Å². The molecule has 1 atom stereocenters. The van der Waals surface area contributed by atoms with Gasteiger partial charge in [-0.05, 0) is 57.9 Å². The molecule has 1 aromatic heterocycles. The highest BCUT2D eigenvalue weighted by Crippen LogP contribution is 2.18. The fourth-order valence-corrected chi connectivity index (χ4v) is 4.19. The Morgan fingerprint density at radius 1 is 1.09 bits per heavy atom. The Bertz CT molecular complexity index is 1010. The molecule has 0 saturated carbocycles. The van der Waals surface area contributed by atoms with E-state index in [-0.39, 0.29) is 23.3 Å². The van der Waals surface area contributed by atoms with E-state index in [9.17, 15) is 18.0 Å². The lowest BCUT2D eigenvalue weighted by Crippen LogP contribution is -2.57. The smallest absolute Gasteiger partial charge is 0.243 e. The first-order valence-electron chi connectivity index (χ1n) is 10.5. The van der Waals surface area contributed by atoms with E-state index >= 15 is 0 Å². The minimum atomic E-state index is -3.88. The zero-order valence-electron chi connectivity index (χ0n) is 19.5. The molecule has 2 N–H and O–H groups in total. The van der Waals surface area contributed by atoms with Gasteiger partial charge in [-0.25, -0.2) is 13.1 Å². The van der Waals surface area contributed by atoms with Crippen LogP contribution in [0.5, 0.6) is 0 Å². The highest BCUT2D eigenvalue weighted by Gasteiger charge is 2.35. The number of amides is 2. The molecule has 8 nitrogen and oxygen atoms in total. The maximum absolute atomic E-state index is 13.2. The molecule has 2 amide bonds. The number of benzene rings is 1. The van der Waals surface area contributed by atoms with Crippen LogP contribution in [-0.4, -0.2) is 43.3 Å². The number of aryl methyl sites for hydroxylation is 1. The number of hydrogen-bond donors (Lipinski definition) is 2. The van der Waals surface area contributed by atoms with Crippen molar-refractivity contribution in [1.29, 1.82) is 0 Å². The van der Waals surface area contributed by atoms with Gasteiger partial charge in [0.05, 0.1) is 24.2 Å². The summed E-state index contributed by atoms with van der Waals surface area (Å²) in [6, 6.07) is 8.92. The van der Waals surface area contributed by atoms with E-state index in [0.29, 0.717) is 5.76 Å². The second-order valence-electron chi connectivity index (χ2n) is 9.17. The molecule has 0 saturated heterocycles. The molecule has 0 aliphatic heterocycles. The average molecular weight is 464 g/mol. The first-order chi connectivity index (χ1) is 14.8. The summed E-state index contributed by atoms with van der Waals surface area (Å²) in [5, 5.41) is 2.92. The molecule has 0 bridgehead atoms. The van der Waals surface area contributed by atoms with Crippen LogP contribution in [0.2, 0.25) is 0 Å². The standard InChI is InChI=1S/C23H33N3O5S/c1-16(2)21(22(28)25-23(4,5)6)26(15-18-8-7-13-31-18)20(27)14-24-32(29,30)19-11-9-17(3)10-12-19/h7-13,16,21,24H,14-15H2,1-6H3,(H,25,28)/t21-/m0/s1. The van der Waals surface area contributed by atoms with E-state index in [4.69, 9.17) is 4.42 Å². The van der Waals surface area contributed by atoms with Crippen LogP contribution in [0.15, 0.2) is 52.0 Å². The van der Waals surface area contributed by atoms with Crippen LogP contribution in [0.25, 0.3) is 0 Å². The lowest BCUT2D eigenvalue weighted by atomic mass is 9.99. The van der Waals surface area contributed by atoms with Crippen molar-refractivity contribution in [3.63, 3.8) is 0 Å². The fourth-order valence-electron chi connectivity index (χ4n) is 3.22. The highest BCUT2D eigenvalue weighted by molar-refractivity contribution is 7.89. The number of hydrogen-bond acceptors (Lipinski definition) is 5. The topological polar surface area (TPSA) is 109 Å². The van der Waals surface area contributed by atoms with E-state index in [2.05, 4.69) is 10.0 Å². The molecule has 0 spiro atoms. The zero-order chi connectivity index (χ0) is 24.1. The SMILES string of the molecule is Cc1ccc(S(=O)(=O)NCC(=O)N(Cc2ccco2)[C@H](C(=O)NC(C)(C)C)C(C)C)cc1. The van der Waals surface area contributed by atoms with Gasteiger partial charge in [0.2, 0.25) is 21.8 Å². The Morgan fingerprint density at radius 2 is 1.72 bits per heavy atom. The van der Waals surface area contributed by atoms with Crippen molar-refractivity contribution in [3.05, 3.63) is 54.0 Å². The van der Waals surface area contributed by atoms with Crippen LogP contribution < -0.4 is 10.0 Å². The second kappa shape index (κ2) is 10.3. The lowest BCUT2D eigenvalue weighted by Gasteiger charge is -2.35. The first kappa shape index (κ1) is 25.6. The third-order valence-corrected chi connectivity index (χ3v) is 6.12. The van der Waals surface area contributed by atoms with Gasteiger partial charge in [0.15, 0.2) is 0 Å². The Labute approximate surface area is 190 Å². The number of carbonyl (C=O) groups is 2. The number of furan rings is 1. The monoisotopic (exact) mass is 463 g/mol. The molecule has 2 rings (SSSR count). The normalized spacial score (nSPS) is 13.1. The van der Waals surface area contributed by atoms with Gasteiger partial charge < -0.3 is 14.6 Å². The third kappa shape index (κ3) is 7.20. The molecule has 1 aromatic carbocycles. The summed E-state index contributed by atoms with van der Waals surface area (Å²) in [4.78, 5) is 27.7. The van der Waals surface area contributed by atoms with Gasteiger partial charge >= 0.3 is 0 Å². The van der Waals surface area contributed by atoms with Crippen molar-refractivity contribution < 1.29 is 22.4 Å². The Balaban J connectivity index is 2.27. The minimum absolute atomic E-state index is 0.0402. The van der Waals surface area contributed by atoms with Gasteiger partial charge in [-0.15, -0.1) is 0 Å². The van der Waals surface area contributed by atoms with Crippen LogP contribution in [0.3, 0.4) is 0 Å². The molecule has 0 aliphatic rings. The lowest BCUT2D eigenvalue weighted by molar-refractivity contribution is -0.143. The van der Waals surface area contributed by atoms with E-state index < -0.39 is 34.1 Å². The van der Waals surface area contributed by atoms with Crippen LogP contribution in [0, 0.1) is 12.8 Å². The molecule has 2 aromatic rings. The number of rotatable bonds is 9. The fraction of sp³-hybridized carbons (Fsp3) is 0.478. The van der Waals surface area contributed by atoms with Gasteiger partial charge in [-0.1, -0.05) is 31.5 Å². The molecule has 0 aliphatic carbocycles. The quantitative estimate of drug-likeness (QED) is 0.594. The minimum Gasteiger partial charge on any atom is -0.467 e. The van der Waals surface area contributed by atoms with Gasteiger partial charge in [0.25, 0.3) is 0 Å². The number of carbonyl (C=O) groups excluding carboxylic acids is 2. The summed E-state index contributed by atoms with van der Waals surface area (Å²) in [7, 11) is -3.88. The molecule has 1 heterocycles. The van der Waals surface area contributed by atoms with Crippen LogP contribution in [0.1, 0.15) is 45.9 Å². The van der Waals surface area contributed by atoms with Gasteiger partial charge in [-0.3, -0.25) is 9.59 Å². The van der Waals surface area contributed by atoms with Gasteiger partial charge in [0.1, 0.15) is 11.8 Å². The predicted molar refractivity (Wildman–Crippen MR) is 122 cm³/mol. The van der Waals surface area contributed by atoms with Crippen molar-refractivity contribution in [2.24, 2.45) is 5.92 Å². The van der Waals surface area contributed by atoms with Crippen molar-refractivity contribution in [3.8, 4) is 0 Å². The van der Waals surface area contributed by atoms with Crippen molar-refractivity contribution >= 4 is 21.8 Å². The van der Waals surface area contributed by atoms with Crippen molar-refractivity contribution in [2.75, 3.05) is 6.54 Å². The largest absolute Gasteiger partial charge is 0.467 e. The van der Waals surface area contributed by atoms with Crippen LogP contribution >= 0.6 is 0 Å². The highest BCUT2D eigenvalue weighted by atomic mass is 32.2. The Morgan fingerprint density at radius 3 is 2.22 bits per heavy atom. The van der Waals surface area contributed by atoms with Crippen molar-refractivity contribution in [2.45, 2.75) is 64.6 Å². The summed E-state index contributed by atoms with van der Waals surface area (Å²) in [5.41, 5.74) is 0.436. The molecule has 0 radical (unpaired) electrons. The average Bonchev–Trinajstić information content (AvgIpc) is 3.17. The molecule has 9 heteroatoms. The van der Waals surface area contributed by atoms with Crippen LogP contribution in [0.4, 0.5) is 0 Å². The molecular weight excluding hydrogens is 430 g/mol. The van der Waals surface area contributed by atoms with Gasteiger partial charge in [0, 0.05) is 5.54 Å².